The van der Waals surface area contributed by atoms with E-state index >= 15 is 0 Å². The minimum atomic E-state index is 0. The molecule has 0 rings (SSSR count). The van der Waals surface area contributed by atoms with Crippen molar-refractivity contribution >= 4 is 23.1 Å². The Balaban J connectivity index is -0.000000980. The van der Waals surface area contributed by atoms with E-state index in [1.807, 2.05) is 0 Å². The van der Waals surface area contributed by atoms with Crippen molar-refractivity contribution in [2.24, 2.45) is 0 Å². The molecule has 0 unspecified atom stereocenters. The predicted molar refractivity (Wildman–Crippen MR) is 70.4 cm³/mol. The van der Waals surface area contributed by atoms with E-state index in [2.05, 4.69) is 19.1 Å². The number of methoxy groups -OCH3 is 1. The van der Waals surface area contributed by atoms with Gasteiger partial charge in [-0.3, -0.25) is 0 Å². The molecule has 4 heteroatoms. The number of ether oxygens (including phenoxy) is 2. The summed E-state index contributed by atoms with van der Waals surface area (Å²) in [6.07, 6.45) is 12.9. The van der Waals surface area contributed by atoms with Crippen molar-refractivity contribution in [1.29, 1.82) is 0 Å². The summed E-state index contributed by atoms with van der Waals surface area (Å²) in [5.41, 5.74) is 0. The molecule has 17 heavy (non-hydrogen) atoms. The van der Waals surface area contributed by atoms with Crippen LogP contribution >= 0.6 is 0 Å². The summed E-state index contributed by atoms with van der Waals surface area (Å²) in [6.45, 7) is 4.99. The zero-order valence-corrected chi connectivity index (χ0v) is 13.3. The number of halogens is 1. The Morgan fingerprint density at radius 2 is 1.65 bits per heavy atom. The average Bonchev–Trinajstić information content (AvgIpc) is 2.26. The molecule has 2 nitrogen and oxygen atoms in total. The van der Waals surface area contributed by atoms with Crippen LogP contribution in [0, 0.1) is 6.92 Å². The first-order valence-electron chi connectivity index (χ1n) is 5.92. The fourth-order valence-electron chi connectivity index (χ4n) is 1.32. The van der Waals surface area contributed by atoms with E-state index in [9.17, 15) is 0 Å². The second kappa shape index (κ2) is 21.9. The fourth-order valence-corrected chi connectivity index (χ4v) is 1.32. The molecule has 0 atom stereocenters. The van der Waals surface area contributed by atoms with Gasteiger partial charge in [0, 0.05) is 7.11 Å². The third-order valence-electron chi connectivity index (χ3n) is 2.17. The molecule has 0 bridgehead atoms. The first kappa shape index (κ1) is 22.9. The molecule has 0 radical (unpaired) electrons. The maximum Gasteiger partial charge on any atom is 2.00 e. The summed E-state index contributed by atoms with van der Waals surface area (Å²) in [5.74, 6) is 0. The molecule has 0 aromatic heterocycles. The topological polar surface area (TPSA) is 18.5 Å². The molecule has 0 saturated heterocycles. The second-order valence-electron chi connectivity index (χ2n) is 3.63. The van der Waals surface area contributed by atoms with E-state index in [0.717, 1.165) is 19.4 Å². The van der Waals surface area contributed by atoms with Gasteiger partial charge < -0.3 is 28.8 Å². The number of rotatable bonds is 11. The molecular weight excluding hydrogens is 248 g/mol. The van der Waals surface area contributed by atoms with Gasteiger partial charge in [-0.15, -0.1) is 0 Å². The smallest absolute Gasteiger partial charge is 1.00 e. The molecule has 0 N–H and O–H groups in total. The molecule has 0 aliphatic heterocycles. The van der Waals surface area contributed by atoms with Gasteiger partial charge in [0.15, 0.2) is 0 Å². The molecule has 98 valence electrons. The van der Waals surface area contributed by atoms with Crippen LogP contribution in [0.2, 0.25) is 0 Å². The summed E-state index contributed by atoms with van der Waals surface area (Å²) < 4.78 is 9.94. The Bertz CT molecular complexity index is 143. The van der Waals surface area contributed by atoms with Crippen LogP contribution in [-0.4, -0.2) is 43.6 Å². The van der Waals surface area contributed by atoms with Gasteiger partial charge in [0.2, 0.25) is 0 Å². The van der Waals surface area contributed by atoms with Crippen LogP contribution in [0.25, 0.3) is 0 Å². The Kier molecular flexibility index (Phi) is 29.5. The normalized spacial score (nSPS) is 10.0. The average molecular weight is 273 g/mol. The molecule has 0 spiro atoms. The van der Waals surface area contributed by atoms with Crippen LogP contribution in [0.4, 0.5) is 0 Å². The van der Waals surface area contributed by atoms with Crippen LogP contribution in [0.1, 0.15) is 44.9 Å². The van der Waals surface area contributed by atoms with Crippen molar-refractivity contribution in [1.82, 2.24) is 0 Å². The minimum Gasteiger partial charge on any atom is -1.00 e. The van der Waals surface area contributed by atoms with Crippen molar-refractivity contribution < 1.29 is 21.9 Å². The molecule has 0 aromatic rings. The Hall–Kier alpha value is 0.716. The second-order valence-corrected chi connectivity index (χ2v) is 3.63. The van der Waals surface area contributed by atoms with Crippen molar-refractivity contribution in [2.75, 3.05) is 20.5 Å². The van der Waals surface area contributed by atoms with E-state index in [1.54, 1.807) is 7.11 Å². The van der Waals surface area contributed by atoms with Crippen LogP contribution < -0.4 is 12.4 Å². The zero-order valence-electron chi connectivity index (χ0n) is 11.1. The van der Waals surface area contributed by atoms with E-state index < -0.39 is 0 Å². The summed E-state index contributed by atoms with van der Waals surface area (Å²) in [4.78, 5) is 0. The summed E-state index contributed by atoms with van der Waals surface area (Å²) in [7, 11) is 1.64. The van der Waals surface area contributed by atoms with Crippen molar-refractivity contribution in [3.05, 3.63) is 19.1 Å². The molecule has 0 aromatic carbocycles. The van der Waals surface area contributed by atoms with Gasteiger partial charge in [-0.2, -0.15) is 6.42 Å². The summed E-state index contributed by atoms with van der Waals surface area (Å²) in [6, 6.07) is 0. The Labute approximate surface area is 129 Å². The SMILES string of the molecule is [CH2-]CCCCCC/C=C\CCOCOC.[Cl-].[Mg+2]. The molecule has 0 aliphatic rings. The molecular formula is C13H25ClMgO2. The Morgan fingerprint density at radius 3 is 2.29 bits per heavy atom. The van der Waals surface area contributed by atoms with Gasteiger partial charge in [0.05, 0.1) is 6.61 Å². The maximum atomic E-state index is 5.16. The van der Waals surface area contributed by atoms with Crippen molar-refractivity contribution in [2.45, 2.75) is 44.9 Å². The first-order valence-corrected chi connectivity index (χ1v) is 5.92. The molecule has 0 heterocycles. The van der Waals surface area contributed by atoms with Gasteiger partial charge in [0.25, 0.3) is 0 Å². The maximum absolute atomic E-state index is 5.16. The van der Waals surface area contributed by atoms with Gasteiger partial charge in [-0.05, 0) is 19.3 Å². The van der Waals surface area contributed by atoms with E-state index in [4.69, 9.17) is 9.47 Å². The van der Waals surface area contributed by atoms with Gasteiger partial charge in [0.1, 0.15) is 6.79 Å². The van der Waals surface area contributed by atoms with Crippen molar-refractivity contribution in [3.8, 4) is 0 Å². The summed E-state index contributed by atoms with van der Waals surface area (Å²) >= 11 is 0. The quantitative estimate of drug-likeness (QED) is 0.178. The van der Waals surface area contributed by atoms with Gasteiger partial charge in [-0.1, -0.05) is 31.4 Å². The molecule has 0 saturated carbocycles. The molecule has 0 aliphatic carbocycles. The van der Waals surface area contributed by atoms with Gasteiger partial charge >= 0.3 is 23.1 Å². The number of hydrogen-bond acceptors (Lipinski definition) is 2. The molecule has 0 amide bonds. The van der Waals surface area contributed by atoms with Crippen molar-refractivity contribution in [3.63, 3.8) is 0 Å². The third-order valence-corrected chi connectivity index (χ3v) is 2.17. The van der Waals surface area contributed by atoms with Crippen LogP contribution in [0.3, 0.4) is 0 Å². The van der Waals surface area contributed by atoms with Crippen LogP contribution in [-0.2, 0) is 9.47 Å². The monoisotopic (exact) mass is 272 g/mol. The first-order chi connectivity index (χ1) is 7.41. The van der Waals surface area contributed by atoms with Gasteiger partial charge in [-0.25, -0.2) is 0 Å². The van der Waals surface area contributed by atoms with Crippen LogP contribution in [0.15, 0.2) is 12.2 Å². The molecule has 0 fully saturated rings. The summed E-state index contributed by atoms with van der Waals surface area (Å²) in [5, 5.41) is 0. The fraction of sp³-hybridized carbons (Fsp3) is 0.769. The Morgan fingerprint density at radius 1 is 1.00 bits per heavy atom. The predicted octanol–water partition coefficient (Wildman–Crippen LogP) is 0.351. The largest absolute Gasteiger partial charge is 2.00 e. The minimum absolute atomic E-state index is 0. The number of hydrogen-bond donors (Lipinski definition) is 0. The van der Waals surface area contributed by atoms with Crippen LogP contribution in [0.5, 0.6) is 0 Å². The van der Waals surface area contributed by atoms with E-state index in [0.29, 0.717) is 6.79 Å². The standard InChI is InChI=1S/C13H25O2.ClH.Mg/c1-3-4-5-6-7-8-9-10-11-12-15-13-14-2;;/h9-10H,1,3-8,11-13H2,2H3;1H;/q-1;;+2/p-1/b10-9-;;. The zero-order chi connectivity index (χ0) is 11.2. The number of allylic oxidation sites excluding steroid dienone is 1. The van der Waals surface area contributed by atoms with E-state index in [-0.39, 0.29) is 35.5 Å². The third kappa shape index (κ3) is 22.4. The van der Waals surface area contributed by atoms with E-state index in [1.165, 1.54) is 32.1 Å². The number of unbranched alkanes of at least 4 members (excludes halogenated alkanes) is 5.